The molecule has 0 spiro atoms. The van der Waals surface area contributed by atoms with Crippen molar-refractivity contribution in [2.24, 2.45) is 5.84 Å². The number of hydrazine groups is 1. The predicted molar refractivity (Wildman–Crippen MR) is 54.6 cm³/mol. The lowest BCUT2D eigenvalue weighted by Crippen LogP contribution is -2.10. The maximum atomic E-state index is 5.36. The number of anilines is 1. The lowest BCUT2D eigenvalue weighted by atomic mass is 10.3. The van der Waals surface area contributed by atoms with Crippen molar-refractivity contribution in [2.45, 2.75) is 13.3 Å². The topological polar surface area (TPSA) is 63.8 Å². The van der Waals surface area contributed by atoms with Crippen LogP contribution >= 0.6 is 11.3 Å². The summed E-state index contributed by atoms with van der Waals surface area (Å²) < 4.78 is 0. The van der Waals surface area contributed by atoms with E-state index in [2.05, 4.69) is 15.4 Å². The van der Waals surface area contributed by atoms with E-state index in [0.717, 1.165) is 22.5 Å². The van der Waals surface area contributed by atoms with E-state index in [-0.39, 0.29) is 0 Å². The highest BCUT2D eigenvalue weighted by atomic mass is 32.1. The number of fused-ring (bicyclic) bond motifs is 1. The van der Waals surface area contributed by atoms with Crippen LogP contribution in [-0.4, -0.2) is 9.97 Å². The molecule has 2 heterocycles. The molecule has 0 fully saturated rings. The van der Waals surface area contributed by atoms with Crippen molar-refractivity contribution in [3.8, 4) is 0 Å². The molecule has 2 aromatic heterocycles. The van der Waals surface area contributed by atoms with Crippen molar-refractivity contribution < 1.29 is 0 Å². The average molecular weight is 194 g/mol. The molecule has 0 aromatic carbocycles. The molecule has 4 nitrogen and oxygen atoms in total. The van der Waals surface area contributed by atoms with Gasteiger partial charge in [0.2, 0.25) is 0 Å². The summed E-state index contributed by atoms with van der Waals surface area (Å²) in [5, 5.41) is 2.98. The van der Waals surface area contributed by atoms with Gasteiger partial charge in [-0.15, -0.1) is 11.3 Å². The highest BCUT2D eigenvalue weighted by Crippen LogP contribution is 2.24. The summed E-state index contributed by atoms with van der Waals surface area (Å²) in [6.07, 6.45) is 0.822. The number of rotatable bonds is 2. The second-order valence-electron chi connectivity index (χ2n) is 2.63. The van der Waals surface area contributed by atoms with Crippen LogP contribution in [0.5, 0.6) is 0 Å². The largest absolute Gasteiger partial charge is 0.308 e. The molecule has 0 radical (unpaired) electrons. The first kappa shape index (κ1) is 8.40. The Bertz CT molecular complexity index is 423. The van der Waals surface area contributed by atoms with E-state index in [4.69, 9.17) is 5.84 Å². The van der Waals surface area contributed by atoms with Gasteiger partial charge in [-0.05, 0) is 11.4 Å². The van der Waals surface area contributed by atoms with Crippen molar-refractivity contribution in [2.75, 3.05) is 5.43 Å². The quantitative estimate of drug-likeness (QED) is 0.562. The number of nitrogens with zero attached hydrogens (tertiary/aromatic N) is 2. The van der Waals surface area contributed by atoms with E-state index in [9.17, 15) is 0 Å². The summed E-state index contributed by atoms with van der Waals surface area (Å²) in [6, 6.07) is 1.97. The molecular formula is C8H10N4S. The fourth-order valence-corrected chi connectivity index (χ4v) is 1.95. The Morgan fingerprint density at radius 1 is 1.54 bits per heavy atom. The highest BCUT2D eigenvalue weighted by molar-refractivity contribution is 7.16. The van der Waals surface area contributed by atoms with Crippen molar-refractivity contribution >= 4 is 27.4 Å². The molecule has 0 amide bonds. The van der Waals surface area contributed by atoms with Gasteiger partial charge in [0.15, 0.2) is 5.82 Å². The number of nitrogens with two attached hydrogens (primary N) is 1. The van der Waals surface area contributed by atoms with Crippen molar-refractivity contribution in [1.29, 1.82) is 0 Å². The third-order valence-corrected chi connectivity index (χ3v) is 2.63. The van der Waals surface area contributed by atoms with E-state index in [1.807, 2.05) is 18.4 Å². The van der Waals surface area contributed by atoms with Crippen molar-refractivity contribution in [3.63, 3.8) is 0 Å². The number of hydrogen-bond acceptors (Lipinski definition) is 5. The monoisotopic (exact) mass is 194 g/mol. The minimum absolute atomic E-state index is 0.711. The van der Waals surface area contributed by atoms with Gasteiger partial charge < -0.3 is 5.43 Å². The first-order chi connectivity index (χ1) is 6.35. The lowest BCUT2D eigenvalue weighted by Gasteiger charge is -2.02. The molecule has 0 unspecified atom stereocenters. The van der Waals surface area contributed by atoms with Crippen LogP contribution < -0.4 is 11.3 Å². The Kier molecular flexibility index (Phi) is 2.12. The number of aromatic nitrogens is 2. The first-order valence-corrected chi connectivity index (χ1v) is 4.94. The van der Waals surface area contributed by atoms with Crippen LogP contribution in [0.2, 0.25) is 0 Å². The normalized spacial score (nSPS) is 10.6. The highest BCUT2D eigenvalue weighted by Gasteiger charge is 2.05. The van der Waals surface area contributed by atoms with E-state index in [1.165, 1.54) is 0 Å². The predicted octanol–water partition coefficient (Wildman–Crippen LogP) is 1.54. The van der Waals surface area contributed by atoms with Gasteiger partial charge in [0, 0.05) is 6.42 Å². The van der Waals surface area contributed by atoms with Crippen LogP contribution in [-0.2, 0) is 6.42 Å². The van der Waals surface area contributed by atoms with Crippen molar-refractivity contribution in [1.82, 2.24) is 9.97 Å². The standard InChI is InChI=1S/C8H10N4S/c1-2-6-10-7(12-9)5-3-4-13-8(5)11-6/h3-4H,2,9H2,1H3,(H,10,11,12). The molecule has 0 bridgehead atoms. The average Bonchev–Trinajstić information content (AvgIpc) is 2.63. The zero-order valence-electron chi connectivity index (χ0n) is 7.24. The number of nitrogens with one attached hydrogen (secondary N) is 1. The van der Waals surface area contributed by atoms with Gasteiger partial charge in [-0.1, -0.05) is 6.92 Å². The molecule has 0 saturated heterocycles. The molecule has 5 heteroatoms. The fraction of sp³-hybridized carbons (Fsp3) is 0.250. The number of hydrogen-bond donors (Lipinski definition) is 2. The summed E-state index contributed by atoms with van der Waals surface area (Å²) in [4.78, 5) is 9.63. The summed E-state index contributed by atoms with van der Waals surface area (Å²) in [6.45, 7) is 2.02. The summed E-state index contributed by atoms with van der Waals surface area (Å²) in [7, 11) is 0. The number of thiophene rings is 1. The molecule has 68 valence electrons. The fourth-order valence-electron chi connectivity index (χ4n) is 1.17. The summed E-state index contributed by atoms with van der Waals surface area (Å²) >= 11 is 1.60. The number of nitrogen functional groups attached to an aromatic ring is 1. The van der Waals surface area contributed by atoms with E-state index < -0.39 is 0 Å². The zero-order valence-corrected chi connectivity index (χ0v) is 8.06. The second kappa shape index (κ2) is 3.27. The zero-order chi connectivity index (χ0) is 9.26. The minimum Gasteiger partial charge on any atom is -0.308 e. The van der Waals surface area contributed by atoms with Gasteiger partial charge in [0.25, 0.3) is 0 Å². The Morgan fingerprint density at radius 2 is 2.38 bits per heavy atom. The Labute approximate surface area is 79.8 Å². The van der Waals surface area contributed by atoms with Gasteiger partial charge >= 0.3 is 0 Å². The Balaban J connectivity index is 2.70. The number of aryl methyl sites for hydroxylation is 1. The van der Waals surface area contributed by atoms with Gasteiger partial charge in [-0.2, -0.15) is 0 Å². The minimum atomic E-state index is 0.711. The van der Waals surface area contributed by atoms with E-state index in [1.54, 1.807) is 11.3 Å². The van der Waals surface area contributed by atoms with Crippen molar-refractivity contribution in [3.05, 3.63) is 17.3 Å². The van der Waals surface area contributed by atoms with Crippen LogP contribution in [0.4, 0.5) is 5.82 Å². The van der Waals surface area contributed by atoms with E-state index >= 15 is 0 Å². The molecule has 3 N–H and O–H groups in total. The molecule has 0 atom stereocenters. The van der Waals surface area contributed by atoms with Crippen LogP contribution in [0.25, 0.3) is 10.2 Å². The maximum Gasteiger partial charge on any atom is 0.152 e. The molecule has 0 aliphatic heterocycles. The molecule has 13 heavy (non-hydrogen) atoms. The Hall–Kier alpha value is -1.20. The van der Waals surface area contributed by atoms with E-state index in [0.29, 0.717) is 5.82 Å². The van der Waals surface area contributed by atoms with Gasteiger partial charge in [0.05, 0.1) is 5.39 Å². The molecule has 0 aliphatic carbocycles. The SMILES string of the molecule is CCc1nc(NN)c2ccsc2n1. The van der Waals surface area contributed by atoms with Crippen LogP contribution in [0.15, 0.2) is 11.4 Å². The molecule has 0 saturated carbocycles. The summed E-state index contributed by atoms with van der Waals surface area (Å²) in [5.74, 6) is 6.90. The third-order valence-electron chi connectivity index (χ3n) is 1.82. The van der Waals surface area contributed by atoms with Crippen LogP contribution in [0.3, 0.4) is 0 Å². The van der Waals surface area contributed by atoms with Gasteiger partial charge in [-0.25, -0.2) is 15.8 Å². The second-order valence-corrected chi connectivity index (χ2v) is 3.52. The maximum absolute atomic E-state index is 5.36. The van der Waals surface area contributed by atoms with Crippen LogP contribution in [0.1, 0.15) is 12.7 Å². The van der Waals surface area contributed by atoms with Crippen LogP contribution in [0, 0.1) is 0 Å². The smallest absolute Gasteiger partial charge is 0.152 e. The molecule has 0 aliphatic rings. The third kappa shape index (κ3) is 1.36. The van der Waals surface area contributed by atoms with Gasteiger partial charge in [-0.3, -0.25) is 0 Å². The molecule has 2 aromatic rings. The summed E-state index contributed by atoms with van der Waals surface area (Å²) in [5.41, 5.74) is 2.59. The molecular weight excluding hydrogens is 184 g/mol. The first-order valence-electron chi connectivity index (χ1n) is 4.06. The Morgan fingerprint density at radius 3 is 3.08 bits per heavy atom. The molecule has 2 rings (SSSR count). The lowest BCUT2D eigenvalue weighted by molar-refractivity contribution is 0.962. The van der Waals surface area contributed by atoms with Gasteiger partial charge in [0.1, 0.15) is 10.7 Å².